The van der Waals surface area contributed by atoms with Crippen molar-refractivity contribution >= 4 is 17.6 Å². The number of carboxylic acid groups (broad SMARTS) is 1. The lowest BCUT2D eigenvalue weighted by Crippen LogP contribution is -2.35. The third-order valence-electron chi connectivity index (χ3n) is 4.00. The molecule has 0 spiro atoms. The molecule has 0 saturated carbocycles. The molecule has 2 heterocycles. The second-order valence-electron chi connectivity index (χ2n) is 6.93. The van der Waals surface area contributed by atoms with Crippen LogP contribution in [0.2, 0.25) is 0 Å². The fourth-order valence-electron chi connectivity index (χ4n) is 2.47. The largest absolute Gasteiger partial charge is 0.479 e. The summed E-state index contributed by atoms with van der Waals surface area (Å²) in [5, 5.41) is 20.4. The van der Waals surface area contributed by atoms with Gasteiger partial charge in [0.2, 0.25) is 0 Å². The van der Waals surface area contributed by atoms with Gasteiger partial charge in [0.15, 0.2) is 5.54 Å². The summed E-state index contributed by atoms with van der Waals surface area (Å²) >= 11 is 0. The Kier molecular flexibility index (Phi) is 5.30. The van der Waals surface area contributed by atoms with Crippen molar-refractivity contribution in [1.29, 1.82) is 0 Å². The van der Waals surface area contributed by atoms with Crippen LogP contribution in [-0.4, -0.2) is 36.5 Å². The number of hydrogen-bond donors (Lipinski definition) is 2. The summed E-state index contributed by atoms with van der Waals surface area (Å²) in [6, 6.07) is 0. The zero-order valence-corrected chi connectivity index (χ0v) is 15.3. The van der Waals surface area contributed by atoms with Crippen molar-refractivity contribution in [2.45, 2.75) is 53.1 Å². The van der Waals surface area contributed by atoms with Gasteiger partial charge in [-0.05, 0) is 26.2 Å². The standard InChI is InChI=1S/C17H25N5O3/c1-6-14-13(8-18-21(14)9-11(2)3)15(23)20-12-7-19-22(10-12)17(4,5)16(24)25/h7-8,10-11H,6,9H2,1-5H3,(H,20,23)(H,24,25). The molecule has 0 aromatic carbocycles. The predicted octanol–water partition coefficient (Wildman–Crippen LogP) is 2.37. The fourth-order valence-corrected chi connectivity index (χ4v) is 2.47. The monoisotopic (exact) mass is 347 g/mol. The highest BCUT2D eigenvalue weighted by atomic mass is 16.4. The third-order valence-corrected chi connectivity index (χ3v) is 4.00. The molecule has 0 unspecified atom stereocenters. The van der Waals surface area contributed by atoms with Crippen molar-refractivity contribution in [2.24, 2.45) is 5.92 Å². The van der Waals surface area contributed by atoms with Crippen LogP contribution in [0.4, 0.5) is 5.69 Å². The summed E-state index contributed by atoms with van der Waals surface area (Å²) in [5.41, 5.74) is 0.649. The molecular weight excluding hydrogens is 322 g/mol. The molecule has 2 aromatic heterocycles. The second kappa shape index (κ2) is 7.08. The van der Waals surface area contributed by atoms with Gasteiger partial charge >= 0.3 is 5.97 Å². The number of carbonyl (C=O) groups is 2. The third kappa shape index (κ3) is 3.89. The average molecular weight is 347 g/mol. The summed E-state index contributed by atoms with van der Waals surface area (Å²) in [5.74, 6) is -0.853. The van der Waals surface area contributed by atoms with Crippen molar-refractivity contribution in [2.75, 3.05) is 5.32 Å². The molecule has 0 aliphatic carbocycles. The van der Waals surface area contributed by atoms with Crippen molar-refractivity contribution in [3.05, 3.63) is 29.8 Å². The van der Waals surface area contributed by atoms with E-state index >= 15 is 0 Å². The van der Waals surface area contributed by atoms with E-state index < -0.39 is 11.5 Å². The minimum atomic E-state index is -1.19. The Bertz CT molecular complexity index is 773. The molecule has 2 rings (SSSR count). The molecule has 0 bridgehead atoms. The molecular formula is C17H25N5O3. The van der Waals surface area contributed by atoms with Crippen LogP contribution >= 0.6 is 0 Å². The molecule has 0 saturated heterocycles. The van der Waals surface area contributed by atoms with Gasteiger partial charge in [-0.25, -0.2) is 4.79 Å². The number of nitrogens with zero attached hydrogens (tertiary/aromatic N) is 4. The van der Waals surface area contributed by atoms with Gasteiger partial charge in [0.05, 0.1) is 29.3 Å². The first-order valence-electron chi connectivity index (χ1n) is 8.31. The van der Waals surface area contributed by atoms with E-state index in [4.69, 9.17) is 0 Å². The minimum absolute atomic E-state index is 0.278. The number of aromatic nitrogens is 4. The van der Waals surface area contributed by atoms with Crippen LogP contribution in [-0.2, 0) is 23.3 Å². The molecule has 2 aromatic rings. The van der Waals surface area contributed by atoms with E-state index in [0.29, 0.717) is 23.6 Å². The lowest BCUT2D eigenvalue weighted by atomic mass is 10.1. The molecule has 0 aliphatic rings. The van der Waals surface area contributed by atoms with Crippen LogP contribution in [0, 0.1) is 5.92 Å². The molecule has 0 aliphatic heterocycles. The number of anilines is 1. The summed E-state index contributed by atoms with van der Waals surface area (Å²) in [6.45, 7) is 10.0. The van der Waals surface area contributed by atoms with Crippen molar-refractivity contribution in [1.82, 2.24) is 19.6 Å². The van der Waals surface area contributed by atoms with Gasteiger partial charge < -0.3 is 10.4 Å². The van der Waals surface area contributed by atoms with Crippen molar-refractivity contribution in [3.63, 3.8) is 0 Å². The van der Waals surface area contributed by atoms with E-state index in [1.807, 2.05) is 11.6 Å². The molecule has 1 amide bonds. The highest BCUT2D eigenvalue weighted by Crippen LogP contribution is 2.19. The number of carboxylic acids is 1. The normalized spacial score (nSPS) is 11.8. The number of aliphatic carboxylic acids is 1. The first-order valence-corrected chi connectivity index (χ1v) is 8.31. The number of rotatable bonds is 7. The van der Waals surface area contributed by atoms with Gasteiger partial charge in [-0.2, -0.15) is 10.2 Å². The smallest absolute Gasteiger partial charge is 0.331 e. The van der Waals surface area contributed by atoms with E-state index in [-0.39, 0.29) is 5.91 Å². The van der Waals surface area contributed by atoms with E-state index in [1.54, 1.807) is 20.0 Å². The van der Waals surface area contributed by atoms with Crippen LogP contribution in [0.5, 0.6) is 0 Å². The topological polar surface area (TPSA) is 102 Å². The molecule has 0 atom stereocenters. The van der Waals surface area contributed by atoms with Crippen LogP contribution in [0.15, 0.2) is 18.6 Å². The highest BCUT2D eigenvalue weighted by Gasteiger charge is 2.30. The SMILES string of the molecule is CCc1c(C(=O)Nc2cnn(C(C)(C)C(=O)O)c2)cnn1CC(C)C. The van der Waals surface area contributed by atoms with Crippen molar-refractivity contribution < 1.29 is 14.7 Å². The van der Waals surface area contributed by atoms with E-state index in [2.05, 4.69) is 29.4 Å². The summed E-state index contributed by atoms with van der Waals surface area (Å²) in [6.07, 6.45) is 5.21. The summed E-state index contributed by atoms with van der Waals surface area (Å²) in [7, 11) is 0. The molecule has 0 fully saturated rings. The molecule has 136 valence electrons. The predicted molar refractivity (Wildman–Crippen MR) is 93.6 cm³/mol. The number of amides is 1. The fraction of sp³-hybridized carbons (Fsp3) is 0.529. The van der Waals surface area contributed by atoms with Crippen LogP contribution in [0.1, 0.15) is 50.7 Å². The maximum atomic E-state index is 12.6. The van der Waals surface area contributed by atoms with Gasteiger partial charge in [0.1, 0.15) is 0 Å². The zero-order valence-electron chi connectivity index (χ0n) is 15.3. The highest BCUT2D eigenvalue weighted by molar-refractivity contribution is 6.04. The number of carbonyl (C=O) groups excluding carboxylic acids is 1. The molecule has 25 heavy (non-hydrogen) atoms. The lowest BCUT2D eigenvalue weighted by Gasteiger charge is -2.19. The minimum Gasteiger partial charge on any atom is -0.479 e. The molecule has 8 heteroatoms. The van der Waals surface area contributed by atoms with E-state index in [9.17, 15) is 14.7 Å². The Morgan fingerprint density at radius 2 is 1.96 bits per heavy atom. The second-order valence-corrected chi connectivity index (χ2v) is 6.93. The number of nitrogens with one attached hydrogen (secondary N) is 1. The zero-order chi connectivity index (χ0) is 18.8. The Balaban J connectivity index is 2.20. The number of hydrogen-bond acceptors (Lipinski definition) is 4. The van der Waals surface area contributed by atoms with Gasteiger partial charge in [0.25, 0.3) is 5.91 Å². The first kappa shape index (κ1) is 18.7. The average Bonchev–Trinajstić information content (AvgIpc) is 3.13. The Morgan fingerprint density at radius 1 is 1.28 bits per heavy atom. The lowest BCUT2D eigenvalue weighted by molar-refractivity contribution is -0.146. The van der Waals surface area contributed by atoms with Crippen LogP contribution in [0.3, 0.4) is 0 Å². The maximum Gasteiger partial charge on any atom is 0.331 e. The van der Waals surface area contributed by atoms with E-state index in [1.165, 1.54) is 17.1 Å². The van der Waals surface area contributed by atoms with Crippen LogP contribution < -0.4 is 5.32 Å². The van der Waals surface area contributed by atoms with Crippen molar-refractivity contribution in [3.8, 4) is 0 Å². The Hall–Kier alpha value is -2.64. The molecule has 0 radical (unpaired) electrons. The van der Waals surface area contributed by atoms with E-state index in [0.717, 1.165) is 12.2 Å². The van der Waals surface area contributed by atoms with Crippen LogP contribution in [0.25, 0.3) is 0 Å². The van der Waals surface area contributed by atoms with Gasteiger partial charge in [-0.1, -0.05) is 20.8 Å². The summed E-state index contributed by atoms with van der Waals surface area (Å²) in [4.78, 5) is 23.9. The Labute approximate surface area is 146 Å². The maximum absolute atomic E-state index is 12.6. The van der Waals surface area contributed by atoms with Gasteiger partial charge in [0, 0.05) is 12.7 Å². The van der Waals surface area contributed by atoms with Gasteiger partial charge in [-0.15, -0.1) is 0 Å². The summed E-state index contributed by atoms with van der Waals surface area (Å²) < 4.78 is 3.17. The van der Waals surface area contributed by atoms with Gasteiger partial charge in [-0.3, -0.25) is 14.2 Å². The molecule has 2 N–H and O–H groups in total. The quantitative estimate of drug-likeness (QED) is 0.800. The Morgan fingerprint density at radius 3 is 2.52 bits per heavy atom. The first-order chi connectivity index (χ1) is 11.7. The molecule has 8 nitrogen and oxygen atoms in total.